The lowest BCUT2D eigenvalue weighted by atomic mass is 10.0. The van der Waals surface area contributed by atoms with Crippen LogP contribution in [0.4, 0.5) is 0 Å². The number of amides is 1. The van der Waals surface area contributed by atoms with Crippen LogP contribution in [0, 0.1) is 0 Å². The van der Waals surface area contributed by atoms with Gasteiger partial charge in [-0.15, -0.1) is 0 Å². The Labute approximate surface area is 444 Å². The average Bonchev–Trinajstić information content (AvgIpc) is 3.37. The lowest BCUT2D eigenvalue weighted by molar-refractivity contribution is -0.143. The highest BCUT2D eigenvalue weighted by Gasteiger charge is 2.18. The summed E-state index contributed by atoms with van der Waals surface area (Å²) in [6.07, 6.45) is 74.0. The molecule has 0 saturated carbocycles. The Kier molecular flexibility index (Phi) is 59.9. The molecule has 0 aromatic rings. The first kappa shape index (κ1) is 69.6. The van der Waals surface area contributed by atoms with Crippen molar-refractivity contribution in [3.05, 3.63) is 12.2 Å². The fourth-order valence-electron chi connectivity index (χ4n) is 10.3. The van der Waals surface area contributed by atoms with Crippen molar-refractivity contribution in [1.82, 2.24) is 5.32 Å². The lowest BCUT2D eigenvalue weighted by Gasteiger charge is -2.20. The van der Waals surface area contributed by atoms with Crippen LogP contribution in [0.1, 0.15) is 367 Å². The van der Waals surface area contributed by atoms with E-state index in [0.717, 1.165) is 38.5 Å². The van der Waals surface area contributed by atoms with Gasteiger partial charge in [0.2, 0.25) is 5.91 Å². The summed E-state index contributed by atoms with van der Waals surface area (Å²) in [5, 5.41) is 23.2. The molecule has 0 aliphatic carbocycles. The van der Waals surface area contributed by atoms with E-state index in [1.54, 1.807) is 6.08 Å². The molecule has 0 spiro atoms. The van der Waals surface area contributed by atoms with Crippen LogP contribution in [0.3, 0.4) is 0 Å². The summed E-state index contributed by atoms with van der Waals surface area (Å²) in [6.45, 7) is 4.94. The number of carbonyl (C=O) groups excluding carboxylic acids is 2. The Hall–Kier alpha value is -1.40. The van der Waals surface area contributed by atoms with Crippen LogP contribution in [0.2, 0.25) is 0 Å². The van der Waals surface area contributed by atoms with Gasteiger partial charge in [0.15, 0.2) is 0 Å². The Morgan fingerprint density at radius 2 is 0.648 bits per heavy atom. The van der Waals surface area contributed by atoms with Crippen LogP contribution in [0.15, 0.2) is 12.2 Å². The molecule has 0 heterocycles. The molecular formula is C65H127NO5. The van der Waals surface area contributed by atoms with Gasteiger partial charge in [-0.3, -0.25) is 9.59 Å². The maximum Gasteiger partial charge on any atom is 0.305 e. The van der Waals surface area contributed by atoms with E-state index < -0.39 is 12.1 Å². The number of ether oxygens (including phenoxy) is 1. The normalized spacial score (nSPS) is 12.6. The summed E-state index contributed by atoms with van der Waals surface area (Å²) in [5.74, 6) is -0.0483. The van der Waals surface area contributed by atoms with Crippen LogP contribution in [0.25, 0.3) is 0 Å². The van der Waals surface area contributed by atoms with Gasteiger partial charge in [-0.25, -0.2) is 0 Å². The molecule has 0 saturated heterocycles. The maximum absolute atomic E-state index is 12.5. The molecule has 0 bridgehead atoms. The van der Waals surface area contributed by atoms with E-state index in [-0.39, 0.29) is 18.5 Å². The number of unbranched alkanes of at least 4 members (excludes halogenated alkanes) is 50. The SMILES string of the molecule is CCCCCCCCCCCCCCCC/C=C/C(O)C(CO)NC(=O)CCCCCCCCCCCCCCCCCCCCCCCCOC(=O)CCCCCCCCCCCCCCCCCC. The monoisotopic (exact) mass is 1000 g/mol. The first-order valence-corrected chi connectivity index (χ1v) is 32.5. The van der Waals surface area contributed by atoms with Gasteiger partial charge in [-0.2, -0.15) is 0 Å². The molecule has 422 valence electrons. The molecule has 3 N–H and O–H groups in total. The highest BCUT2D eigenvalue weighted by atomic mass is 16.5. The third-order valence-corrected chi connectivity index (χ3v) is 15.3. The lowest BCUT2D eigenvalue weighted by Crippen LogP contribution is -2.45. The molecule has 6 nitrogen and oxygen atoms in total. The number of hydrogen-bond donors (Lipinski definition) is 3. The van der Waals surface area contributed by atoms with Crippen molar-refractivity contribution < 1.29 is 24.5 Å². The largest absolute Gasteiger partial charge is 0.466 e. The second-order valence-electron chi connectivity index (χ2n) is 22.5. The van der Waals surface area contributed by atoms with Crippen LogP contribution in [-0.4, -0.2) is 47.4 Å². The molecule has 0 aromatic carbocycles. The number of nitrogens with one attached hydrogen (secondary N) is 1. The molecule has 0 fully saturated rings. The topological polar surface area (TPSA) is 95.9 Å². The molecule has 0 aliphatic rings. The van der Waals surface area contributed by atoms with Gasteiger partial charge < -0.3 is 20.3 Å². The second-order valence-corrected chi connectivity index (χ2v) is 22.5. The number of carbonyl (C=O) groups is 2. The number of hydrogen-bond acceptors (Lipinski definition) is 5. The molecule has 71 heavy (non-hydrogen) atoms. The summed E-state index contributed by atoms with van der Waals surface area (Å²) >= 11 is 0. The molecule has 0 radical (unpaired) electrons. The first-order chi connectivity index (χ1) is 35.0. The molecule has 2 atom stereocenters. The van der Waals surface area contributed by atoms with Gasteiger partial charge in [0.05, 0.1) is 25.4 Å². The van der Waals surface area contributed by atoms with Crippen molar-refractivity contribution in [2.75, 3.05) is 13.2 Å². The molecular weight excluding hydrogens is 875 g/mol. The highest BCUT2D eigenvalue weighted by Crippen LogP contribution is 2.18. The quantitative estimate of drug-likeness (QED) is 0.0320. The minimum Gasteiger partial charge on any atom is -0.466 e. The van der Waals surface area contributed by atoms with Gasteiger partial charge in [0.1, 0.15) is 0 Å². The van der Waals surface area contributed by atoms with Crippen LogP contribution in [-0.2, 0) is 14.3 Å². The summed E-state index contributed by atoms with van der Waals surface area (Å²) < 4.78 is 5.50. The van der Waals surface area contributed by atoms with Crippen molar-refractivity contribution in [3.8, 4) is 0 Å². The van der Waals surface area contributed by atoms with E-state index >= 15 is 0 Å². The summed E-state index contributed by atoms with van der Waals surface area (Å²) in [7, 11) is 0. The zero-order valence-corrected chi connectivity index (χ0v) is 48.2. The standard InChI is InChI=1S/C65H127NO5/c1-3-5-7-9-11-13-15-17-19-29-33-37-41-45-49-53-57-63(68)62(61-67)66-64(69)58-54-50-46-42-38-34-30-27-25-23-21-22-24-26-28-32-36-40-44-48-52-56-60-71-65(70)59-55-51-47-43-39-35-31-20-18-16-14-12-10-8-6-4-2/h53,57,62-63,67-68H,3-52,54-56,58-61H2,1-2H3,(H,66,69)/b57-53+. The number of allylic oxidation sites excluding steroid dienone is 1. The minimum absolute atomic E-state index is 0.0170. The molecule has 6 heteroatoms. The molecule has 2 unspecified atom stereocenters. The third-order valence-electron chi connectivity index (χ3n) is 15.3. The Bertz CT molecular complexity index is 1060. The summed E-state index contributed by atoms with van der Waals surface area (Å²) in [4.78, 5) is 24.6. The molecule has 0 aromatic heterocycles. The van der Waals surface area contributed by atoms with Gasteiger partial charge in [0.25, 0.3) is 0 Å². The van der Waals surface area contributed by atoms with Crippen molar-refractivity contribution >= 4 is 11.9 Å². The zero-order chi connectivity index (χ0) is 51.4. The van der Waals surface area contributed by atoms with Crippen molar-refractivity contribution in [2.24, 2.45) is 0 Å². The van der Waals surface area contributed by atoms with Crippen LogP contribution in [0.5, 0.6) is 0 Å². The van der Waals surface area contributed by atoms with Gasteiger partial charge in [0, 0.05) is 12.8 Å². The fraction of sp³-hybridized carbons (Fsp3) is 0.938. The van der Waals surface area contributed by atoms with E-state index in [4.69, 9.17) is 4.74 Å². The molecule has 0 rings (SSSR count). The van der Waals surface area contributed by atoms with Crippen LogP contribution < -0.4 is 5.32 Å². The predicted molar refractivity (Wildman–Crippen MR) is 310 cm³/mol. The maximum atomic E-state index is 12.5. The smallest absolute Gasteiger partial charge is 0.305 e. The van der Waals surface area contributed by atoms with Crippen molar-refractivity contribution in [3.63, 3.8) is 0 Å². The van der Waals surface area contributed by atoms with Crippen molar-refractivity contribution in [1.29, 1.82) is 0 Å². The summed E-state index contributed by atoms with van der Waals surface area (Å²) in [5.41, 5.74) is 0. The minimum atomic E-state index is -0.844. The van der Waals surface area contributed by atoms with Crippen LogP contribution >= 0.6 is 0 Å². The van der Waals surface area contributed by atoms with E-state index in [0.29, 0.717) is 19.4 Å². The number of aliphatic hydroxyl groups is 2. The highest BCUT2D eigenvalue weighted by molar-refractivity contribution is 5.76. The summed E-state index contributed by atoms with van der Waals surface area (Å²) in [6, 6.07) is -0.627. The van der Waals surface area contributed by atoms with E-state index in [2.05, 4.69) is 19.2 Å². The van der Waals surface area contributed by atoms with Gasteiger partial charge >= 0.3 is 5.97 Å². The second kappa shape index (κ2) is 61.1. The predicted octanol–water partition coefficient (Wildman–Crippen LogP) is 20.4. The van der Waals surface area contributed by atoms with E-state index in [1.165, 1.54) is 302 Å². The number of rotatable bonds is 61. The van der Waals surface area contributed by atoms with E-state index in [1.807, 2.05) is 6.08 Å². The Morgan fingerprint density at radius 1 is 0.380 bits per heavy atom. The van der Waals surface area contributed by atoms with Gasteiger partial charge in [-0.1, -0.05) is 334 Å². The Morgan fingerprint density at radius 3 is 0.958 bits per heavy atom. The van der Waals surface area contributed by atoms with E-state index in [9.17, 15) is 19.8 Å². The van der Waals surface area contributed by atoms with Gasteiger partial charge in [-0.05, 0) is 32.1 Å². The van der Waals surface area contributed by atoms with Crippen molar-refractivity contribution in [2.45, 2.75) is 379 Å². The molecule has 1 amide bonds. The number of esters is 1. The zero-order valence-electron chi connectivity index (χ0n) is 48.2. The average molecular weight is 1000 g/mol. The number of aliphatic hydroxyl groups excluding tert-OH is 2. The fourth-order valence-corrected chi connectivity index (χ4v) is 10.3. The Balaban J connectivity index is 3.38. The third kappa shape index (κ3) is 57.7. The molecule has 0 aliphatic heterocycles. The first-order valence-electron chi connectivity index (χ1n) is 32.5.